The summed E-state index contributed by atoms with van der Waals surface area (Å²) in [7, 11) is 0. The molecule has 4 nitrogen and oxygen atoms in total. The van der Waals surface area contributed by atoms with E-state index in [1.165, 1.54) is 5.56 Å². The molecule has 0 aliphatic rings. The Hall–Kier alpha value is -3.31. The molecule has 2 aromatic carbocycles. The van der Waals surface area contributed by atoms with Gasteiger partial charge in [0, 0.05) is 28.4 Å². The predicted octanol–water partition coefficient (Wildman–Crippen LogP) is 5.22. The molecule has 0 fully saturated rings. The minimum Gasteiger partial charge on any atom is -0.267 e. The first kappa shape index (κ1) is 17.8. The van der Waals surface area contributed by atoms with E-state index < -0.39 is 0 Å². The van der Waals surface area contributed by atoms with Crippen LogP contribution >= 0.6 is 11.3 Å². The lowest BCUT2D eigenvalue weighted by Gasteiger charge is -2.07. The number of benzene rings is 2. The number of hydrogen-bond acceptors (Lipinski definition) is 4. The summed E-state index contributed by atoms with van der Waals surface area (Å²) < 4.78 is 2.48. The fourth-order valence-electron chi connectivity index (χ4n) is 3.64. The minimum absolute atomic E-state index is 0.0407. The van der Waals surface area contributed by atoms with E-state index in [-0.39, 0.29) is 5.56 Å². The maximum Gasteiger partial charge on any atom is 0.276 e. The molecule has 0 aliphatic heterocycles. The second-order valence-electron chi connectivity index (χ2n) is 7.18. The van der Waals surface area contributed by atoms with Crippen LogP contribution in [0.1, 0.15) is 11.3 Å². The zero-order chi connectivity index (χ0) is 19.8. The van der Waals surface area contributed by atoms with Crippen molar-refractivity contribution in [2.75, 3.05) is 0 Å². The van der Waals surface area contributed by atoms with Crippen LogP contribution in [0.2, 0.25) is 0 Å². The summed E-state index contributed by atoms with van der Waals surface area (Å²) >= 11 is 1.57. The van der Waals surface area contributed by atoms with E-state index in [1.54, 1.807) is 22.2 Å². The zero-order valence-corrected chi connectivity index (χ0v) is 16.8. The number of thiophene rings is 1. The molecule has 5 aromatic rings. The Kier molecular flexibility index (Phi) is 4.45. The van der Waals surface area contributed by atoms with Crippen LogP contribution in [-0.2, 0) is 13.0 Å². The maximum absolute atomic E-state index is 13.2. The SMILES string of the molecule is Cc1cccc(-c2csc3cnn(CCc4ccc5ccccc5n4)c(=O)c23)c1. The van der Waals surface area contributed by atoms with Crippen molar-refractivity contribution in [3.63, 3.8) is 0 Å². The van der Waals surface area contributed by atoms with Gasteiger partial charge in [-0.25, -0.2) is 4.68 Å². The lowest BCUT2D eigenvalue weighted by molar-refractivity contribution is 0.580. The van der Waals surface area contributed by atoms with Crippen molar-refractivity contribution >= 4 is 32.3 Å². The molecule has 5 rings (SSSR count). The van der Waals surface area contributed by atoms with E-state index in [2.05, 4.69) is 47.7 Å². The second-order valence-corrected chi connectivity index (χ2v) is 8.09. The highest BCUT2D eigenvalue weighted by Crippen LogP contribution is 2.31. The lowest BCUT2D eigenvalue weighted by atomic mass is 10.0. The number of hydrogen-bond donors (Lipinski definition) is 0. The number of pyridine rings is 1. The maximum atomic E-state index is 13.2. The monoisotopic (exact) mass is 397 g/mol. The number of para-hydroxylation sites is 1. The molecular formula is C24H19N3OS. The zero-order valence-electron chi connectivity index (χ0n) is 16.0. The lowest BCUT2D eigenvalue weighted by Crippen LogP contribution is -2.23. The quantitative estimate of drug-likeness (QED) is 0.417. The molecule has 0 unspecified atom stereocenters. The summed E-state index contributed by atoms with van der Waals surface area (Å²) in [6.45, 7) is 2.57. The largest absolute Gasteiger partial charge is 0.276 e. The van der Waals surface area contributed by atoms with Gasteiger partial charge in [-0.2, -0.15) is 5.10 Å². The Balaban J connectivity index is 1.49. The molecule has 0 saturated heterocycles. The standard InChI is InChI=1S/C24H19N3OS/c1-16-5-4-7-18(13-16)20-15-29-22-14-25-27(24(28)23(20)22)12-11-19-10-9-17-6-2-3-8-21(17)26-19/h2-10,13-15H,11-12H2,1H3. The topological polar surface area (TPSA) is 47.8 Å². The Morgan fingerprint density at radius 2 is 1.93 bits per heavy atom. The average Bonchev–Trinajstić information content (AvgIpc) is 3.18. The first-order valence-electron chi connectivity index (χ1n) is 9.58. The van der Waals surface area contributed by atoms with Gasteiger partial charge in [-0.15, -0.1) is 11.3 Å². The normalized spacial score (nSPS) is 11.3. The van der Waals surface area contributed by atoms with Gasteiger partial charge in [0.2, 0.25) is 0 Å². The number of rotatable bonds is 4. The first-order chi connectivity index (χ1) is 14.2. The van der Waals surface area contributed by atoms with E-state index in [4.69, 9.17) is 4.98 Å². The number of aromatic nitrogens is 3. The molecule has 3 heterocycles. The highest BCUT2D eigenvalue weighted by atomic mass is 32.1. The number of fused-ring (bicyclic) bond motifs is 2. The summed E-state index contributed by atoms with van der Waals surface area (Å²) in [4.78, 5) is 17.9. The summed E-state index contributed by atoms with van der Waals surface area (Å²) in [5.74, 6) is 0. The van der Waals surface area contributed by atoms with E-state index in [9.17, 15) is 4.79 Å². The molecule has 0 aliphatic carbocycles. The van der Waals surface area contributed by atoms with Gasteiger partial charge in [-0.3, -0.25) is 9.78 Å². The molecule has 5 heteroatoms. The molecule has 0 atom stereocenters. The van der Waals surface area contributed by atoms with Crippen molar-refractivity contribution < 1.29 is 0 Å². The molecular weight excluding hydrogens is 378 g/mol. The summed E-state index contributed by atoms with van der Waals surface area (Å²) in [6, 6.07) is 20.4. The van der Waals surface area contributed by atoms with Crippen LogP contribution in [-0.4, -0.2) is 14.8 Å². The minimum atomic E-state index is -0.0407. The van der Waals surface area contributed by atoms with Crippen molar-refractivity contribution in [1.29, 1.82) is 0 Å². The number of nitrogens with zero attached hydrogens (tertiary/aromatic N) is 3. The van der Waals surface area contributed by atoms with Crippen LogP contribution in [0.5, 0.6) is 0 Å². The molecule has 0 amide bonds. The van der Waals surface area contributed by atoms with Gasteiger partial charge in [-0.1, -0.05) is 54.1 Å². The number of aryl methyl sites for hydroxylation is 3. The average molecular weight is 398 g/mol. The summed E-state index contributed by atoms with van der Waals surface area (Å²) in [5, 5.41) is 8.32. The van der Waals surface area contributed by atoms with Crippen molar-refractivity contribution in [2.45, 2.75) is 19.9 Å². The molecule has 142 valence electrons. The van der Waals surface area contributed by atoms with Gasteiger partial charge < -0.3 is 0 Å². The predicted molar refractivity (Wildman–Crippen MR) is 120 cm³/mol. The van der Waals surface area contributed by atoms with E-state index in [1.807, 2.05) is 30.3 Å². The van der Waals surface area contributed by atoms with Crippen LogP contribution in [0.25, 0.3) is 32.1 Å². The van der Waals surface area contributed by atoms with Gasteiger partial charge in [0.1, 0.15) is 0 Å². The van der Waals surface area contributed by atoms with Gasteiger partial charge in [0.15, 0.2) is 0 Å². The van der Waals surface area contributed by atoms with Gasteiger partial charge >= 0.3 is 0 Å². The third-order valence-electron chi connectivity index (χ3n) is 5.15. The van der Waals surface area contributed by atoms with Gasteiger partial charge in [-0.05, 0) is 24.6 Å². The summed E-state index contributed by atoms with van der Waals surface area (Å²) in [5.41, 5.74) is 5.13. The molecule has 0 spiro atoms. The van der Waals surface area contributed by atoms with Crippen molar-refractivity contribution in [3.8, 4) is 11.1 Å². The Labute approximate surface area is 172 Å². The molecule has 0 N–H and O–H groups in total. The molecule has 0 radical (unpaired) electrons. The fraction of sp³-hybridized carbons (Fsp3) is 0.125. The third kappa shape index (κ3) is 3.34. The Bertz CT molecular complexity index is 1400. The Morgan fingerprint density at radius 1 is 1.03 bits per heavy atom. The third-order valence-corrected chi connectivity index (χ3v) is 6.06. The van der Waals surface area contributed by atoms with Gasteiger partial charge in [0.25, 0.3) is 5.56 Å². The van der Waals surface area contributed by atoms with Gasteiger partial charge in [0.05, 0.1) is 28.3 Å². The van der Waals surface area contributed by atoms with Crippen LogP contribution in [0.3, 0.4) is 0 Å². The van der Waals surface area contributed by atoms with Crippen LogP contribution in [0.4, 0.5) is 0 Å². The fourth-order valence-corrected chi connectivity index (χ4v) is 4.57. The first-order valence-corrected chi connectivity index (χ1v) is 10.5. The molecule has 3 aromatic heterocycles. The van der Waals surface area contributed by atoms with Crippen molar-refractivity contribution in [1.82, 2.24) is 14.8 Å². The van der Waals surface area contributed by atoms with Crippen LogP contribution in [0.15, 0.2) is 77.0 Å². The van der Waals surface area contributed by atoms with Crippen molar-refractivity contribution in [3.05, 3.63) is 93.9 Å². The molecule has 29 heavy (non-hydrogen) atoms. The van der Waals surface area contributed by atoms with E-state index >= 15 is 0 Å². The van der Waals surface area contributed by atoms with E-state index in [0.29, 0.717) is 13.0 Å². The molecule has 0 bridgehead atoms. The van der Waals surface area contributed by atoms with Crippen LogP contribution < -0.4 is 5.56 Å². The van der Waals surface area contributed by atoms with Crippen molar-refractivity contribution in [2.24, 2.45) is 0 Å². The second kappa shape index (κ2) is 7.26. The highest BCUT2D eigenvalue weighted by molar-refractivity contribution is 7.17. The van der Waals surface area contributed by atoms with Crippen LogP contribution in [0, 0.1) is 6.92 Å². The summed E-state index contributed by atoms with van der Waals surface area (Å²) in [6.07, 6.45) is 2.46. The smallest absolute Gasteiger partial charge is 0.267 e. The Morgan fingerprint density at radius 3 is 2.83 bits per heavy atom. The van der Waals surface area contributed by atoms with E-state index in [0.717, 1.165) is 37.8 Å². The highest BCUT2D eigenvalue weighted by Gasteiger charge is 2.13. The molecule has 0 saturated carbocycles.